The molecule has 1 N–H and O–H groups in total. The SMILES string of the molecule is OC1(c2ccc(F)c(F)c2)C2CCCCC21. The van der Waals surface area contributed by atoms with E-state index < -0.39 is 17.2 Å². The maximum Gasteiger partial charge on any atom is 0.159 e. The van der Waals surface area contributed by atoms with Gasteiger partial charge in [0.2, 0.25) is 0 Å². The fourth-order valence-electron chi connectivity index (χ4n) is 3.27. The number of hydrogen-bond donors (Lipinski definition) is 1. The first kappa shape index (κ1) is 10.2. The highest BCUT2D eigenvalue weighted by molar-refractivity contribution is 5.33. The smallest absolute Gasteiger partial charge is 0.159 e. The molecule has 2 saturated carbocycles. The third-order valence-corrected chi connectivity index (χ3v) is 4.17. The third-order valence-electron chi connectivity index (χ3n) is 4.17. The standard InChI is InChI=1S/C13H14F2O/c14-11-6-5-8(7-12(11)15)13(16)9-3-1-2-4-10(9)13/h5-7,9-10,16H,1-4H2. The zero-order valence-corrected chi connectivity index (χ0v) is 8.92. The first-order chi connectivity index (χ1) is 7.64. The molecule has 0 aromatic heterocycles. The van der Waals surface area contributed by atoms with Crippen molar-refractivity contribution in [2.45, 2.75) is 31.3 Å². The molecule has 3 rings (SSSR count). The Morgan fingerprint density at radius 3 is 2.25 bits per heavy atom. The predicted molar refractivity (Wildman–Crippen MR) is 55.7 cm³/mol. The van der Waals surface area contributed by atoms with E-state index in [1.54, 1.807) is 0 Å². The first-order valence-corrected chi connectivity index (χ1v) is 5.82. The molecule has 0 bridgehead atoms. The fourth-order valence-corrected chi connectivity index (χ4v) is 3.27. The number of hydrogen-bond acceptors (Lipinski definition) is 1. The molecule has 2 atom stereocenters. The van der Waals surface area contributed by atoms with Crippen LogP contribution in [0.2, 0.25) is 0 Å². The van der Waals surface area contributed by atoms with Crippen LogP contribution < -0.4 is 0 Å². The van der Waals surface area contributed by atoms with E-state index in [2.05, 4.69) is 0 Å². The summed E-state index contributed by atoms with van der Waals surface area (Å²) < 4.78 is 25.9. The molecule has 2 aliphatic carbocycles. The molecule has 0 spiro atoms. The van der Waals surface area contributed by atoms with Crippen molar-refractivity contribution in [1.82, 2.24) is 0 Å². The summed E-state index contributed by atoms with van der Waals surface area (Å²) in [6.45, 7) is 0. The van der Waals surface area contributed by atoms with Gasteiger partial charge in [-0.1, -0.05) is 18.9 Å². The van der Waals surface area contributed by atoms with Crippen molar-refractivity contribution in [3.05, 3.63) is 35.4 Å². The minimum absolute atomic E-state index is 0.256. The van der Waals surface area contributed by atoms with Gasteiger partial charge in [-0.15, -0.1) is 0 Å². The Balaban J connectivity index is 1.95. The maximum atomic E-state index is 13.1. The molecule has 2 unspecified atom stereocenters. The topological polar surface area (TPSA) is 20.2 Å². The highest BCUT2D eigenvalue weighted by Crippen LogP contribution is 2.64. The van der Waals surface area contributed by atoms with Crippen LogP contribution in [0.5, 0.6) is 0 Å². The summed E-state index contributed by atoms with van der Waals surface area (Å²) in [6.07, 6.45) is 4.26. The maximum absolute atomic E-state index is 13.1. The second-order valence-electron chi connectivity index (χ2n) is 4.95. The Morgan fingerprint density at radius 1 is 1.06 bits per heavy atom. The summed E-state index contributed by atoms with van der Waals surface area (Å²) >= 11 is 0. The van der Waals surface area contributed by atoms with Gasteiger partial charge in [-0.3, -0.25) is 0 Å². The van der Waals surface area contributed by atoms with Crippen LogP contribution >= 0.6 is 0 Å². The van der Waals surface area contributed by atoms with E-state index in [4.69, 9.17) is 0 Å². The lowest BCUT2D eigenvalue weighted by molar-refractivity contribution is 0.117. The van der Waals surface area contributed by atoms with Crippen LogP contribution in [0.15, 0.2) is 18.2 Å². The van der Waals surface area contributed by atoms with E-state index >= 15 is 0 Å². The van der Waals surface area contributed by atoms with Crippen LogP contribution in [0.4, 0.5) is 8.78 Å². The van der Waals surface area contributed by atoms with Crippen LogP contribution in [0, 0.1) is 23.5 Å². The molecule has 2 aliphatic rings. The Morgan fingerprint density at radius 2 is 1.69 bits per heavy atom. The highest BCUT2D eigenvalue weighted by Gasteiger charge is 2.64. The van der Waals surface area contributed by atoms with Gasteiger partial charge < -0.3 is 5.11 Å². The molecule has 16 heavy (non-hydrogen) atoms. The summed E-state index contributed by atoms with van der Waals surface area (Å²) in [5.74, 6) is -1.21. The van der Waals surface area contributed by atoms with Gasteiger partial charge in [0.15, 0.2) is 11.6 Å². The van der Waals surface area contributed by atoms with Crippen molar-refractivity contribution in [3.63, 3.8) is 0 Å². The van der Waals surface area contributed by atoms with Crippen molar-refractivity contribution in [2.75, 3.05) is 0 Å². The molecule has 3 heteroatoms. The molecule has 2 fully saturated rings. The summed E-state index contributed by atoms with van der Waals surface area (Å²) in [7, 11) is 0. The molecule has 0 radical (unpaired) electrons. The van der Waals surface area contributed by atoms with Crippen LogP contribution in [0.25, 0.3) is 0 Å². The molecular formula is C13H14F2O. The highest BCUT2D eigenvalue weighted by atomic mass is 19.2. The van der Waals surface area contributed by atoms with Gasteiger partial charge in [-0.05, 0) is 42.4 Å². The van der Waals surface area contributed by atoms with Crippen molar-refractivity contribution < 1.29 is 13.9 Å². The van der Waals surface area contributed by atoms with Gasteiger partial charge in [0.05, 0.1) is 5.60 Å². The molecule has 0 amide bonds. The lowest BCUT2D eigenvalue weighted by Gasteiger charge is -2.11. The van der Waals surface area contributed by atoms with Crippen LogP contribution in [0.1, 0.15) is 31.2 Å². The molecule has 0 saturated heterocycles. The van der Waals surface area contributed by atoms with Crippen LogP contribution in [-0.2, 0) is 5.60 Å². The van der Waals surface area contributed by atoms with E-state index in [1.807, 2.05) is 0 Å². The van der Waals surface area contributed by atoms with E-state index in [-0.39, 0.29) is 11.8 Å². The van der Waals surface area contributed by atoms with E-state index in [0.717, 1.165) is 37.8 Å². The molecular weight excluding hydrogens is 210 g/mol. The Kier molecular flexibility index (Phi) is 2.08. The molecule has 1 aromatic carbocycles. The predicted octanol–water partition coefficient (Wildman–Crippen LogP) is 2.97. The molecule has 0 heterocycles. The summed E-state index contributed by atoms with van der Waals surface area (Å²) in [4.78, 5) is 0. The zero-order valence-electron chi connectivity index (χ0n) is 8.92. The number of halogens is 2. The van der Waals surface area contributed by atoms with E-state index in [9.17, 15) is 13.9 Å². The lowest BCUT2D eigenvalue weighted by atomic mass is 10.0. The number of aliphatic hydroxyl groups is 1. The van der Waals surface area contributed by atoms with Gasteiger partial charge in [-0.25, -0.2) is 8.78 Å². The van der Waals surface area contributed by atoms with Crippen LogP contribution in [0.3, 0.4) is 0 Å². The number of fused-ring (bicyclic) bond motifs is 1. The fraction of sp³-hybridized carbons (Fsp3) is 0.538. The second-order valence-corrected chi connectivity index (χ2v) is 4.95. The third kappa shape index (κ3) is 1.24. The van der Waals surface area contributed by atoms with Gasteiger partial charge >= 0.3 is 0 Å². The molecule has 1 nitrogen and oxygen atoms in total. The Labute approximate surface area is 93.1 Å². The summed E-state index contributed by atoms with van der Waals surface area (Å²) in [5.41, 5.74) is -0.339. The average molecular weight is 224 g/mol. The van der Waals surface area contributed by atoms with Gasteiger partial charge in [0.25, 0.3) is 0 Å². The van der Waals surface area contributed by atoms with Crippen LogP contribution in [-0.4, -0.2) is 5.11 Å². The van der Waals surface area contributed by atoms with Gasteiger partial charge in [-0.2, -0.15) is 0 Å². The monoisotopic (exact) mass is 224 g/mol. The molecule has 1 aromatic rings. The van der Waals surface area contributed by atoms with Crippen molar-refractivity contribution in [2.24, 2.45) is 11.8 Å². The lowest BCUT2D eigenvalue weighted by Crippen LogP contribution is -2.11. The quantitative estimate of drug-likeness (QED) is 0.777. The number of rotatable bonds is 1. The number of benzene rings is 1. The summed E-state index contributed by atoms with van der Waals surface area (Å²) in [6, 6.07) is 3.76. The zero-order chi connectivity index (χ0) is 11.3. The Hall–Kier alpha value is -0.960. The van der Waals surface area contributed by atoms with E-state index in [1.165, 1.54) is 6.07 Å². The largest absolute Gasteiger partial charge is 0.385 e. The Bertz CT molecular complexity index is 418. The van der Waals surface area contributed by atoms with Crippen molar-refractivity contribution in [3.8, 4) is 0 Å². The average Bonchev–Trinajstić information content (AvgIpc) is 2.91. The van der Waals surface area contributed by atoms with Crippen molar-refractivity contribution >= 4 is 0 Å². The second kappa shape index (κ2) is 3.27. The molecule has 0 aliphatic heterocycles. The normalized spacial score (nSPS) is 36.9. The molecule has 86 valence electrons. The minimum atomic E-state index is -0.884. The van der Waals surface area contributed by atoms with Crippen molar-refractivity contribution in [1.29, 1.82) is 0 Å². The van der Waals surface area contributed by atoms with Gasteiger partial charge in [0.1, 0.15) is 0 Å². The van der Waals surface area contributed by atoms with Gasteiger partial charge in [0, 0.05) is 0 Å². The first-order valence-electron chi connectivity index (χ1n) is 5.82. The minimum Gasteiger partial charge on any atom is -0.385 e. The van der Waals surface area contributed by atoms with E-state index in [0.29, 0.717) is 5.56 Å². The summed E-state index contributed by atoms with van der Waals surface area (Å²) in [5, 5.41) is 10.5.